The summed E-state index contributed by atoms with van der Waals surface area (Å²) in [6.45, 7) is 4.78. The van der Waals surface area contributed by atoms with Crippen LogP contribution in [0.1, 0.15) is 41.6 Å². The molecule has 0 unspecified atom stereocenters. The number of amides is 2. The zero-order chi connectivity index (χ0) is 22.7. The molecule has 166 valence electrons. The van der Waals surface area contributed by atoms with Crippen LogP contribution in [0.5, 0.6) is 0 Å². The number of carbonyl (C=O) groups is 2. The smallest absolute Gasteiger partial charge is 0.251 e. The van der Waals surface area contributed by atoms with Crippen molar-refractivity contribution >= 4 is 29.3 Å². The molecule has 1 aliphatic heterocycles. The van der Waals surface area contributed by atoms with Crippen LogP contribution in [-0.4, -0.2) is 38.9 Å². The molecule has 1 aromatic heterocycles. The van der Waals surface area contributed by atoms with Gasteiger partial charge < -0.3 is 14.8 Å². The summed E-state index contributed by atoms with van der Waals surface area (Å²) in [4.78, 5) is 27.4. The number of carbonyl (C=O) groups excluding carboxylic acids is 2. The molecule has 0 bridgehead atoms. The molecule has 2 aromatic carbocycles. The van der Waals surface area contributed by atoms with Gasteiger partial charge in [-0.3, -0.25) is 9.59 Å². The molecule has 0 saturated carbocycles. The van der Waals surface area contributed by atoms with Gasteiger partial charge in [0, 0.05) is 24.8 Å². The number of aromatic nitrogens is 3. The van der Waals surface area contributed by atoms with E-state index in [1.807, 2.05) is 66.8 Å². The van der Waals surface area contributed by atoms with Gasteiger partial charge >= 0.3 is 0 Å². The van der Waals surface area contributed by atoms with Crippen LogP contribution in [0.2, 0.25) is 0 Å². The first-order chi connectivity index (χ1) is 15.5. The number of nitrogens with zero attached hydrogens (tertiary/aromatic N) is 4. The Balaban J connectivity index is 1.44. The minimum absolute atomic E-state index is 0.0577. The normalized spacial score (nSPS) is 13.8. The highest BCUT2D eigenvalue weighted by atomic mass is 32.2. The Morgan fingerprint density at radius 2 is 1.78 bits per heavy atom. The molecule has 0 aliphatic carbocycles. The lowest BCUT2D eigenvalue weighted by Crippen LogP contribution is -2.33. The molecule has 0 saturated heterocycles. The summed E-state index contributed by atoms with van der Waals surface area (Å²) >= 11 is 1.37. The van der Waals surface area contributed by atoms with Gasteiger partial charge in [0.2, 0.25) is 5.91 Å². The number of anilines is 1. The Morgan fingerprint density at radius 3 is 2.53 bits per heavy atom. The molecule has 8 heteroatoms. The van der Waals surface area contributed by atoms with Gasteiger partial charge in [-0.1, -0.05) is 62.0 Å². The second-order valence-electron chi connectivity index (χ2n) is 8.17. The van der Waals surface area contributed by atoms with Crippen molar-refractivity contribution in [3.8, 4) is 0 Å². The summed E-state index contributed by atoms with van der Waals surface area (Å²) in [5.74, 6) is 0.979. The van der Waals surface area contributed by atoms with E-state index in [9.17, 15) is 9.59 Å². The van der Waals surface area contributed by atoms with Crippen molar-refractivity contribution in [2.45, 2.75) is 31.5 Å². The van der Waals surface area contributed by atoms with Gasteiger partial charge in [0.1, 0.15) is 0 Å². The maximum Gasteiger partial charge on any atom is 0.251 e. The molecule has 0 spiro atoms. The average Bonchev–Trinajstić information content (AvgIpc) is 3.39. The third-order valence-corrected chi connectivity index (χ3v) is 6.65. The summed E-state index contributed by atoms with van der Waals surface area (Å²) < 4.78 is 1.87. The molecule has 0 fully saturated rings. The van der Waals surface area contributed by atoms with E-state index in [1.54, 1.807) is 12.1 Å². The Bertz CT molecular complexity index is 1110. The van der Waals surface area contributed by atoms with Gasteiger partial charge in [0.05, 0.1) is 11.8 Å². The van der Waals surface area contributed by atoms with E-state index in [1.165, 1.54) is 17.3 Å². The number of fused-ring (bicyclic) bond motifs is 1. The molecule has 3 aromatic rings. The van der Waals surface area contributed by atoms with E-state index in [4.69, 9.17) is 0 Å². The van der Waals surface area contributed by atoms with Gasteiger partial charge in [-0.15, -0.1) is 10.2 Å². The number of thioether (sulfide) groups is 1. The van der Waals surface area contributed by atoms with Gasteiger partial charge in [-0.2, -0.15) is 0 Å². The fourth-order valence-electron chi connectivity index (χ4n) is 3.87. The van der Waals surface area contributed by atoms with E-state index < -0.39 is 0 Å². The Kier molecular flexibility index (Phi) is 6.60. The minimum atomic E-state index is -0.296. The van der Waals surface area contributed by atoms with Crippen LogP contribution in [0.15, 0.2) is 59.8 Å². The van der Waals surface area contributed by atoms with Crippen molar-refractivity contribution in [3.63, 3.8) is 0 Å². The number of benzene rings is 2. The average molecular weight is 450 g/mol. The second kappa shape index (κ2) is 9.56. The van der Waals surface area contributed by atoms with Crippen molar-refractivity contribution in [1.29, 1.82) is 0 Å². The van der Waals surface area contributed by atoms with Gasteiger partial charge in [0.15, 0.2) is 11.0 Å². The second-order valence-corrected chi connectivity index (χ2v) is 9.12. The summed E-state index contributed by atoms with van der Waals surface area (Å²) in [6, 6.07) is 16.9. The fourth-order valence-corrected chi connectivity index (χ4v) is 4.66. The quantitative estimate of drug-likeness (QED) is 0.557. The summed E-state index contributed by atoms with van der Waals surface area (Å²) in [6.07, 6.45) is 0.887. The van der Waals surface area contributed by atoms with Crippen LogP contribution in [0, 0.1) is 5.92 Å². The van der Waals surface area contributed by atoms with Crippen molar-refractivity contribution < 1.29 is 9.59 Å². The molecular weight excluding hydrogens is 422 g/mol. The topological polar surface area (TPSA) is 80.1 Å². The monoisotopic (exact) mass is 449 g/mol. The first-order valence-electron chi connectivity index (χ1n) is 10.7. The number of para-hydroxylation sites is 1. The minimum Gasteiger partial charge on any atom is -0.342 e. The highest BCUT2D eigenvalue weighted by Gasteiger charge is 2.27. The molecular formula is C24H27N5O2S. The van der Waals surface area contributed by atoms with E-state index in [2.05, 4.69) is 21.6 Å². The third kappa shape index (κ3) is 4.55. The highest BCUT2D eigenvalue weighted by molar-refractivity contribution is 7.99. The molecule has 0 radical (unpaired) electrons. The van der Waals surface area contributed by atoms with E-state index in [0.29, 0.717) is 23.1 Å². The molecule has 7 nitrogen and oxygen atoms in total. The first-order valence-corrected chi connectivity index (χ1v) is 11.7. The lowest BCUT2D eigenvalue weighted by atomic mass is 10.0. The summed E-state index contributed by atoms with van der Waals surface area (Å²) in [7, 11) is 1.87. The van der Waals surface area contributed by atoms with Crippen LogP contribution >= 0.6 is 11.8 Å². The Morgan fingerprint density at radius 1 is 1.06 bits per heavy atom. The predicted molar refractivity (Wildman–Crippen MR) is 126 cm³/mol. The zero-order valence-electron chi connectivity index (χ0n) is 18.5. The predicted octanol–water partition coefficient (Wildman–Crippen LogP) is 3.62. The van der Waals surface area contributed by atoms with Crippen LogP contribution < -0.4 is 10.2 Å². The van der Waals surface area contributed by atoms with E-state index in [0.717, 1.165) is 12.1 Å². The first kappa shape index (κ1) is 22.1. The maximum atomic E-state index is 12.8. The van der Waals surface area contributed by atoms with Crippen LogP contribution in [-0.2, 0) is 18.3 Å². The van der Waals surface area contributed by atoms with Crippen molar-refractivity contribution in [2.24, 2.45) is 13.0 Å². The zero-order valence-corrected chi connectivity index (χ0v) is 19.3. The number of rotatable bonds is 7. The molecule has 2 heterocycles. The highest BCUT2D eigenvalue weighted by Crippen LogP contribution is 2.29. The van der Waals surface area contributed by atoms with Crippen molar-refractivity contribution in [3.05, 3.63) is 71.5 Å². The number of hydrogen-bond donors (Lipinski definition) is 1. The third-order valence-electron chi connectivity index (χ3n) is 5.65. The summed E-state index contributed by atoms with van der Waals surface area (Å²) in [5.41, 5.74) is 2.81. The standard InChI is InChI=1S/C24H27N5O2S/c1-16(2)21(25-23(31)18-10-5-4-6-11-18)22-26-27-24(28(22)3)32-15-20(30)29-14-13-17-9-7-8-12-19(17)29/h4-12,16,21H,13-15H2,1-3H3,(H,25,31)/t21-/m1/s1. The lowest BCUT2D eigenvalue weighted by molar-refractivity contribution is -0.116. The van der Waals surface area contributed by atoms with Crippen molar-refractivity contribution in [1.82, 2.24) is 20.1 Å². The number of nitrogens with one attached hydrogen (secondary N) is 1. The van der Waals surface area contributed by atoms with Crippen LogP contribution in [0.3, 0.4) is 0 Å². The van der Waals surface area contributed by atoms with Crippen LogP contribution in [0.25, 0.3) is 0 Å². The van der Waals surface area contributed by atoms with E-state index >= 15 is 0 Å². The molecule has 1 aliphatic rings. The van der Waals surface area contributed by atoms with Gasteiger partial charge in [-0.25, -0.2) is 0 Å². The molecule has 2 amide bonds. The fraction of sp³-hybridized carbons (Fsp3) is 0.333. The van der Waals surface area contributed by atoms with Gasteiger partial charge in [-0.05, 0) is 36.1 Å². The maximum absolute atomic E-state index is 12.8. The van der Waals surface area contributed by atoms with Gasteiger partial charge in [0.25, 0.3) is 5.91 Å². The molecule has 4 rings (SSSR count). The Labute approximate surface area is 192 Å². The lowest BCUT2D eigenvalue weighted by Gasteiger charge is -2.22. The van der Waals surface area contributed by atoms with Crippen LogP contribution in [0.4, 0.5) is 5.69 Å². The largest absolute Gasteiger partial charge is 0.342 e. The Hall–Kier alpha value is -3.13. The SMILES string of the molecule is CC(C)[C@@H](NC(=O)c1ccccc1)c1nnc(SCC(=O)N2CCc3ccccc32)n1C. The molecule has 1 atom stereocenters. The van der Waals surface area contributed by atoms with Crippen molar-refractivity contribution in [2.75, 3.05) is 17.2 Å². The van der Waals surface area contributed by atoms with E-state index in [-0.39, 0.29) is 29.5 Å². The molecule has 32 heavy (non-hydrogen) atoms. The summed E-state index contributed by atoms with van der Waals surface area (Å²) in [5, 5.41) is 12.4. The molecule has 1 N–H and O–H groups in total. The number of hydrogen-bond acceptors (Lipinski definition) is 5.